The van der Waals surface area contributed by atoms with Gasteiger partial charge in [-0.3, -0.25) is 4.79 Å². The number of nitrogens with zero attached hydrogens (tertiary/aromatic N) is 3. The van der Waals surface area contributed by atoms with E-state index in [0.29, 0.717) is 23.6 Å². The van der Waals surface area contributed by atoms with Crippen molar-refractivity contribution in [2.75, 3.05) is 25.6 Å². The summed E-state index contributed by atoms with van der Waals surface area (Å²) in [5.41, 5.74) is 2.83. The van der Waals surface area contributed by atoms with E-state index in [0.717, 1.165) is 11.1 Å². The van der Waals surface area contributed by atoms with E-state index < -0.39 is 12.1 Å². The summed E-state index contributed by atoms with van der Waals surface area (Å²) in [5.74, 6) is 0.566. The molecule has 0 fully saturated rings. The number of aromatic nitrogens is 2. The molecule has 9 heteroatoms. The van der Waals surface area contributed by atoms with Gasteiger partial charge >= 0.3 is 6.03 Å². The van der Waals surface area contributed by atoms with Crippen molar-refractivity contribution < 1.29 is 14.3 Å². The first-order valence-electron chi connectivity index (χ1n) is 11.8. The Morgan fingerprint density at radius 2 is 1.70 bits per heavy atom. The highest BCUT2D eigenvalue weighted by Gasteiger charge is 2.28. The van der Waals surface area contributed by atoms with Gasteiger partial charge in [0.05, 0.1) is 42.5 Å². The van der Waals surface area contributed by atoms with Gasteiger partial charge < -0.3 is 24.3 Å². The second-order valence-electron chi connectivity index (χ2n) is 8.28. The van der Waals surface area contributed by atoms with Crippen molar-refractivity contribution in [2.24, 2.45) is 7.05 Å². The monoisotopic (exact) mass is 520 g/mol. The number of hydrogen-bond donors (Lipinski definition) is 1. The van der Waals surface area contributed by atoms with E-state index in [1.165, 1.54) is 0 Å². The van der Waals surface area contributed by atoms with Crippen LogP contribution in [0.2, 0.25) is 0 Å². The van der Waals surface area contributed by atoms with Gasteiger partial charge in [-0.05, 0) is 36.8 Å². The van der Waals surface area contributed by atoms with Gasteiger partial charge in [-0.2, -0.15) is 13.5 Å². The van der Waals surface area contributed by atoms with Crippen LogP contribution in [0.25, 0.3) is 11.0 Å². The number of benzene rings is 3. The lowest BCUT2D eigenvalue weighted by atomic mass is 10.1. The zero-order valence-corrected chi connectivity index (χ0v) is 22.2. The van der Waals surface area contributed by atoms with Gasteiger partial charge in [-0.15, -0.1) is 0 Å². The molecule has 2 amide bonds. The number of para-hydroxylation sites is 4. The van der Waals surface area contributed by atoms with Crippen molar-refractivity contribution in [1.29, 1.82) is 0 Å². The summed E-state index contributed by atoms with van der Waals surface area (Å²) in [4.78, 5) is 33.2. The molecule has 3 aromatic carbocycles. The minimum absolute atomic E-state index is 0. The number of carbonyl (C=O) groups excluding carboxylic acids is 1. The smallest absolute Gasteiger partial charge is 0.322 e. The van der Waals surface area contributed by atoms with Crippen LogP contribution in [0.3, 0.4) is 0 Å². The SMILES string of the molecule is CCOc1ccccc1NC(=O)N(Cc1nc2ccccc2n(C)c1=O)[C@H](COC)c1ccccc1.S. The molecule has 194 valence electrons. The zero-order chi connectivity index (χ0) is 25.5. The number of urea groups is 1. The Morgan fingerprint density at radius 1 is 1.03 bits per heavy atom. The highest BCUT2D eigenvalue weighted by atomic mass is 32.1. The predicted molar refractivity (Wildman–Crippen MR) is 151 cm³/mol. The fourth-order valence-electron chi connectivity index (χ4n) is 4.16. The number of hydrogen-bond acceptors (Lipinski definition) is 5. The number of carbonyl (C=O) groups is 1. The average Bonchev–Trinajstić information content (AvgIpc) is 2.90. The van der Waals surface area contributed by atoms with Crippen LogP contribution < -0.4 is 15.6 Å². The van der Waals surface area contributed by atoms with Crippen LogP contribution >= 0.6 is 13.5 Å². The Labute approximate surface area is 223 Å². The van der Waals surface area contributed by atoms with Crippen molar-refractivity contribution in [3.05, 3.63) is 100 Å². The van der Waals surface area contributed by atoms with E-state index in [9.17, 15) is 9.59 Å². The van der Waals surface area contributed by atoms with Gasteiger partial charge in [0, 0.05) is 14.2 Å². The van der Waals surface area contributed by atoms with Gasteiger partial charge in [-0.1, -0.05) is 54.6 Å². The summed E-state index contributed by atoms with van der Waals surface area (Å²) in [6.45, 7) is 2.57. The maximum Gasteiger partial charge on any atom is 0.322 e. The molecule has 0 aliphatic carbocycles. The average molecular weight is 521 g/mol. The lowest BCUT2D eigenvalue weighted by molar-refractivity contribution is 0.104. The normalized spacial score (nSPS) is 11.4. The topological polar surface area (TPSA) is 85.7 Å². The lowest BCUT2D eigenvalue weighted by Crippen LogP contribution is -2.41. The van der Waals surface area contributed by atoms with Crippen LogP contribution in [0.1, 0.15) is 24.2 Å². The van der Waals surface area contributed by atoms with Crippen LogP contribution in [0.15, 0.2) is 83.7 Å². The third kappa shape index (κ3) is 6.31. The summed E-state index contributed by atoms with van der Waals surface area (Å²) < 4.78 is 12.8. The maximum atomic E-state index is 13.8. The minimum atomic E-state index is -0.464. The second-order valence-corrected chi connectivity index (χ2v) is 8.28. The highest BCUT2D eigenvalue weighted by Crippen LogP contribution is 2.28. The molecule has 0 saturated carbocycles. The van der Waals surface area contributed by atoms with E-state index >= 15 is 0 Å². The molecule has 0 spiro atoms. The van der Waals surface area contributed by atoms with Crippen molar-refractivity contribution >= 4 is 36.2 Å². The first kappa shape index (κ1) is 27.8. The molecule has 0 aliphatic heterocycles. The first-order valence-corrected chi connectivity index (χ1v) is 11.8. The molecular formula is C28H32N4O4S. The van der Waals surface area contributed by atoms with Gasteiger partial charge in [0.1, 0.15) is 11.4 Å². The van der Waals surface area contributed by atoms with Gasteiger partial charge in [0.25, 0.3) is 5.56 Å². The van der Waals surface area contributed by atoms with E-state index in [2.05, 4.69) is 10.3 Å². The quantitative estimate of drug-likeness (QED) is 0.340. The molecule has 0 aliphatic rings. The number of ether oxygens (including phenoxy) is 2. The van der Waals surface area contributed by atoms with Crippen LogP contribution in [-0.2, 0) is 18.3 Å². The van der Waals surface area contributed by atoms with Crippen LogP contribution in [0.5, 0.6) is 5.75 Å². The predicted octanol–water partition coefficient (Wildman–Crippen LogP) is 4.87. The number of nitrogens with one attached hydrogen (secondary N) is 1. The number of amides is 2. The molecule has 0 unspecified atom stereocenters. The summed E-state index contributed by atoms with van der Waals surface area (Å²) in [7, 11) is 3.30. The first-order chi connectivity index (χ1) is 17.5. The van der Waals surface area contributed by atoms with Crippen molar-refractivity contribution in [1.82, 2.24) is 14.5 Å². The standard InChI is InChI=1S/C28H30N4O4.H2S/c1-4-36-26-17-11-9-15-22(26)30-28(34)32(25(19-35-3)20-12-6-5-7-13-20)18-23-27(33)31(2)24-16-10-8-14-21(24)29-23;/h5-17,25H,4,18-19H2,1-3H3,(H,30,34);1H2/t25-;/m1./s1. The third-order valence-corrected chi connectivity index (χ3v) is 5.94. The summed E-state index contributed by atoms with van der Waals surface area (Å²) in [5, 5.41) is 2.97. The Kier molecular flexibility index (Phi) is 9.71. The highest BCUT2D eigenvalue weighted by molar-refractivity contribution is 7.59. The number of anilines is 1. The third-order valence-electron chi connectivity index (χ3n) is 5.94. The molecule has 4 aromatic rings. The van der Waals surface area contributed by atoms with Crippen molar-refractivity contribution in [3.8, 4) is 5.75 Å². The van der Waals surface area contributed by atoms with Crippen LogP contribution in [0, 0.1) is 0 Å². The van der Waals surface area contributed by atoms with E-state index in [1.54, 1.807) is 35.8 Å². The molecule has 4 rings (SSSR count). The Morgan fingerprint density at radius 3 is 2.43 bits per heavy atom. The Bertz CT molecular complexity index is 1390. The second kappa shape index (κ2) is 12.9. The van der Waals surface area contributed by atoms with E-state index in [-0.39, 0.29) is 37.9 Å². The molecule has 1 atom stereocenters. The Balaban J connectivity index is 0.00000380. The van der Waals surface area contributed by atoms with Gasteiger partial charge in [0.15, 0.2) is 0 Å². The zero-order valence-electron chi connectivity index (χ0n) is 21.2. The maximum absolute atomic E-state index is 13.8. The molecule has 1 aromatic heterocycles. The van der Waals surface area contributed by atoms with Crippen molar-refractivity contribution in [3.63, 3.8) is 0 Å². The van der Waals surface area contributed by atoms with Gasteiger partial charge in [0.2, 0.25) is 0 Å². The molecule has 8 nitrogen and oxygen atoms in total. The molecule has 0 radical (unpaired) electrons. The van der Waals surface area contributed by atoms with Gasteiger partial charge in [-0.25, -0.2) is 9.78 Å². The number of rotatable bonds is 9. The summed E-state index contributed by atoms with van der Waals surface area (Å²) in [6.07, 6.45) is 0. The molecular weight excluding hydrogens is 488 g/mol. The van der Waals surface area contributed by atoms with Crippen molar-refractivity contribution in [2.45, 2.75) is 19.5 Å². The number of fused-ring (bicyclic) bond motifs is 1. The molecule has 1 heterocycles. The fourth-order valence-corrected chi connectivity index (χ4v) is 4.16. The lowest BCUT2D eigenvalue weighted by Gasteiger charge is -2.32. The molecule has 0 saturated heterocycles. The summed E-state index contributed by atoms with van der Waals surface area (Å²) >= 11 is 0. The molecule has 0 bridgehead atoms. The fraction of sp³-hybridized carbons (Fsp3) is 0.250. The number of methoxy groups -OCH3 is 1. The molecule has 37 heavy (non-hydrogen) atoms. The van der Waals surface area contributed by atoms with Crippen LogP contribution in [-0.4, -0.2) is 40.8 Å². The van der Waals surface area contributed by atoms with E-state index in [1.807, 2.05) is 73.7 Å². The largest absolute Gasteiger partial charge is 0.492 e. The summed E-state index contributed by atoms with van der Waals surface area (Å²) in [6, 6.07) is 23.4. The molecule has 1 N–H and O–H groups in total. The Hall–Kier alpha value is -3.82. The van der Waals surface area contributed by atoms with E-state index in [4.69, 9.17) is 9.47 Å². The van der Waals surface area contributed by atoms with Crippen LogP contribution in [0.4, 0.5) is 10.5 Å². The number of aryl methyl sites for hydroxylation is 1. The minimum Gasteiger partial charge on any atom is -0.492 e.